The number of rotatable bonds is 6. The third kappa shape index (κ3) is 4.50. The summed E-state index contributed by atoms with van der Waals surface area (Å²) in [6.07, 6.45) is 7.57. The Balaban J connectivity index is 1.57. The van der Waals surface area contributed by atoms with E-state index in [9.17, 15) is 4.79 Å². The molecule has 1 N–H and O–H groups in total. The molecule has 0 atom stereocenters. The molecule has 1 amide bonds. The molecule has 2 aromatic carbocycles. The Labute approximate surface area is 171 Å². The predicted molar refractivity (Wildman–Crippen MR) is 114 cm³/mol. The number of carbonyl (C=O) groups excluding carboxylic acids is 1. The molecule has 3 aromatic rings. The summed E-state index contributed by atoms with van der Waals surface area (Å²) < 4.78 is 5.23. The number of carbonyl (C=O) groups is 1. The van der Waals surface area contributed by atoms with Gasteiger partial charge in [-0.15, -0.1) is 0 Å². The van der Waals surface area contributed by atoms with Crippen LogP contribution in [0.4, 0.5) is 0 Å². The standard InChI is InChI=1S/C24H27N3O2/c1-29-22-14-12-19(13-15-22)24(28)27(21-10-6-3-7-11-21)17-20-16-25-23(26-20)18-8-4-2-5-9-18/h2,4-5,8-9,12-16,21H,3,6-7,10-11,17H2,1H3,(H,25,26). The number of amides is 1. The van der Waals surface area contributed by atoms with Crippen molar-refractivity contribution in [3.63, 3.8) is 0 Å². The first-order valence-corrected chi connectivity index (χ1v) is 10.3. The van der Waals surface area contributed by atoms with Crippen LogP contribution < -0.4 is 4.74 Å². The van der Waals surface area contributed by atoms with Crippen molar-refractivity contribution in [1.82, 2.24) is 14.9 Å². The highest BCUT2D eigenvalue weighted by atomic mass is 16.5. The van der Waals surface area contributed by atoms with Crippen molar-refractivity contribution in [2.75, 3.05) is 7.11 Å². The molecule has 1 heterocycles. The van der Waals surface area contributed by atoms with Crippen LogP contribution in [0.15, 0.2) is 60.8 Å². The normalized spacial score (nSPS) is 14.5. The zero-order valence-electron chi connectivity index (χ0n) is 16.8. The lowest BCUT2D eigenvalue weighted by atomic mass is 9.93. The van der Waals surface area contributed by atoms with E-state index in [0.29, 0.717) is 12.1 Å². The number of hydrogen-bond acceptors (Lipinski definition) is 3. The molecule has 0 spiro atoms. The highest BCUT2D eigenvalue weighted by Crippen LogP contribution is 2.26. The molecule has 4 rings (SSSR count). The summed E-state index contributed by atoms with van der Waals surface area (Å²) in [5.74, 6) is 1.66. The predicted octanol–water partition coefficient (Wildman–Crippen LogP) is 5.06. The van der Waals surface area contributed by atoms with Crippen LogP contribution in [0.1, 0.15) is 48.2 Å². The van der Waals surface area contributed by atoms with Gasteiger partial charge in [0.1, 0.15) is 11.6 Å². The largest absolute Gasteiger partial charge is 0.497 e. The van der Waals surface area contributed by atoms with Crippen LogP contribution in [0.5, 0.6) is 5.75 Å². The van der Waals surface area contributed by atoms with Gasteiger partial charge in [-0.05, 0) is 37.1 Å². The second kappa shape index (κ2) is 8.95. The zero-order chi connectivity index (χ0) is 20.1. The van der Waals surface area contributed by atoms with E-state index in [1.54, 1.807) is 7.11 Å². The third-order valence-corrected chi connectivity index (χ3v) is 5.63. The van der Waals surface area contributed by atoms with E-state index in [-0.39, 0.29) is 11.9 Å². The van der Waals surface area contributed by atoms with Crippen LogP contribution in [-0.2, 0) is 6.54 Å². The number of aromatic nitrogens is 2. The van der Waals surface area contributed by atoms with Crippen molar-refractivity contribution in [1.29, 1.82) is 0 Å². The topological polar surface area (TPSA) is 58.2 Å². The number of benzene rings is 2. The molecule has 0 unspecified atom stereocenters. The molecule has 1 saturated carbocycles. The maximum Gasteiger partial charge on any atom is 0.254 e. The fraction of sp³-hybridized carbons (Fsp3) is 0.333. The SMILES string of the molecule is COc1ccc(C(=O)N(Cc2cnc(-c3ccccc3)[nH]2)C2CCCCC2)cc1. The molecule has 0 saturated heterocycles. The van der Waals surface area contributed by atoms with E-state index in [4.69, 9.17) is 4.74 Å². The van der Waals surface area contributed by atoms with Gasteiger partial charge < -0.3 is 14.6 Å². The molecule has 1 aliphatic rings. The van der Waals surface area contributed by atoms with Gasteiger partial charge in [-0.2, -0.15) is 0 Å². The first-order chi connectivity index (χ1) is 14.2. The molecule has 150 valence electrons. The summed E-state index contributed by atoms with van der Waals surface area (Å²) in [6, 6.07) is 17.7. The Hall–Kier alpha value is -3.08. The number of methoxy groups -OCH3 is 1. The molecule has 5 heteroatoms. The number of nitrogens with zero attached hydrogens (tertiary/aromatic N) is 2. The molecule has 1 aliphatic carbocycles. The Bertz CT molecular complexity index is 928. The van der Waals surface area contributed by atoms with E-state index in [2.05, 4.69) is 9.97 Å². The number of imidazole rings is 1. The van der Waals surface area contributed by atoms with Crippen molar-refractivity contribution >= 4 is 5.91 Å². The molecule has 0 radical (unpaired) electrons. The molecule has 5 nitrogen and oxygen atoms in total. The summed E-state index contributed by atoms with van der Waals surface area (Å²) in [5.41, 5.74) is 2.69. The maximum atomic E-state index is 13.4. The van der Waals surface area contributed by atoms with Gasteiger partial charge >= 0.3 is 0 Å². The van der Waals surface area contributed by atoms with Gasteiger partial charge in [0.2, 0.25) is 0 Å². The van der Waals surface area contributed by atoms with Crippen molar-refractivity contribution < 1.29 is 9.53 Å². The minimum atomic E-state index is 0.0652. The Morgan fingerprint density at radius 3 is 2.48 bits per heavy atom. The van der Waals surface area contributed by atoms with Gasteiger partial charge in [0.05, 0.1) is 25.5 Å². The van der Waals surface area contributed by atoms with Crippen molar-refractivity contribution in [3.05, 3.63) is 72.1 Å². The van der Waals surface area contributed by atoms with E-state index < -0.39 is 0 Å². The second-order valence-corrected chi connectivity index (χ2v) is 7.58. The Morgan fingerprint density at radius 1 is 1.07 bits per heavy atom. The highest BCUT2D eigenvalue weighted by molar-refractivity contribution is 5.94. The van der Waals surface area contributed by atoms with Crippen molar-refractivity contribution in [3.8, 4) is 17.1 Å². The van der Waals surface area contributed by atoms with E-state index in [1.807, 2.05) is 65.7 Å². The van der Waals surface area contributed by atoms with Gasteiger partial charge in [0.15, 0.2) is 0 Å². The van der Waals surface area contributed by atoms with Crippen LogP contribution in [0.2, 0.25) is 0 Å². The summed E-state index contributed by atoms with van der Waals surface area (Å²) >= 11 is 0. The van der Waals surface area contributed by atoms with Crippen LogP contribution in [-0.4, -0.2) is 33.9 Å². The smallest absolute Gasteiger partial charge is 0.254 e. The summed E-state index contributed by atoms with van der Waals surface area (Å²) in [7, 11) is 1.63. The van der Waals surface area contributed by atoms with Gasteiger partial charge in [-0.3, -0.25) is 4.79 Å². The summed E-state index contributed by atoms with van der Waals surface area (Å²) in [5, 5.41) is 0. The Kier molecular flexibility index (Phi) is 5.94. The van der Waals surface area contributed by atoms with Crippen molar-refractivity contribution in [2.24, 2.45) is 0 Å². The van der Waals surface area contributed by atoms with E-state index in [0.717, 1.165) is 35.7 Å². The first kappa shape index (κ1) is 19.2. The number of nitrogens with one attached hydrogen (secondary N) is 1. The van der Waals surface area contributed by atoms with Crippen LogP contribution >= 0.6 is 0 Å². The van der Waals surface area contributed by atoms with Gasteiger partial charge in [0, 0.05) is 17.2 Å². The number of aromatic amines is 1. The summed E-state index contributed by atoms with van der Waals surface area (Å²) in [4.78, 5) is 23.3. The first-order valence-electron chi connectivity index (χ1n) is 10.3. The molecule has 1 aromatic heterocycles. The minimum Gasteiger partial charge on any atom is -0.497 e. The second-order valence-electron chi connectivity index (χ2n) is 7.58. The lowest BCUT2D eigenvalue weighted by Gasteiger charge is -2.34. The average molecular weight is 389 g/mol. The number of H-pyrrole nitrogens is 1. The number of ether oxygens (including phenoxy) is 1. The maximum absolute atomic E-state index is 13.4. The van der Waals surface area contributed by atoms with E-state index in [1.165, 1.54) is 19.3 Å². The molecular formula is C24H27N3O2. The van der Waals surface area contributed by atoms with Gasteiger partial charge in [-0.25, -0.2) is 4.98 Å². The monoisotopic (exact) mass is 389 g/mol. The Morgan fingerprint density at radius 2 is 1.79 bits per heavy atom. The fourth-order valence-electron chi connectivity index (χ4n) is 4.02. The van der Waals surface area contributed by atoms with Gasteiger partial charge in [0.25, 0.3) is 5.91 Å². The van der Waals surface area contributed by atoms with Crippen LogP contribution in [0.25, 0.3) is 11.4 Å². The summed E-state index contributed by atoms with van der Waals surface area (Å²) in [6.45, 7) is 0.537. The van der Waals surface area contributed by atoms with Crippen LogP contribution in [0.3, 0.4) is 0 Å². The molecule has 0 aliphatic heterocycles. The molecule has 0 bridgehead atoms. The fourth-order valence-corrected chi connectivity index (χ4v) is 4.02. The number of hydrogen-bond donors (Lipinski definition) is 1. The van der Waals surface area contributed by atoms with Crippen LogP contribution in [0, 0.1) is 0 Å². The highest BCUT2D eigenvalue weighted by Gasteiger charge is 2.27. The van der Waals surface area contributed by atoms with Gasteiger partial charge in [-0.1, -0.05) is 49.6 Å². The third-order valence-electron chi connectivity index (χ3n) is 5.63. The van der Waals surface area contributed by atoms with E-state index >= 15 is 0 Å². The minimum absolute atomic E-state index is 0.0652. The lowest BCUT2D eigenvalue weighted by molar-refractivity contribution is 0.0611. The van der Waals surface area contributed by atoms with Crippen molar-refractivity contribution in [2.45, 2.75) is 44.7 Å². The molecule has 1 fully saturated rings. The quantitative estimate of drug-likeness (QED) is 0.641. The lowest BCUT2D eigenvalue weighted by Crippen LogP contribution is -2.41. The molecule has 29 heavy (non-hydrogen) atoms. The average Bonchev–Trinajstić information content (AvgIpc) is 3.27. The zero-order valence-corrected chi connectivity index (χ0v) is 16.8. The molecular weight excluding hydrogens is 362 g/mol.